The van der Waals surface area contributed by atoms with Crippen LogP contribution in [0.25, 0.3) is 11.3 Å². The van der Waals surface area contributed by atoms with Gasteiger partial charge in [0, 0.05) is 12.0 Å². The Balaban J connectivity index is 1.55. The van der Waals surface area contributed by atoms with Crippen molar-refractivity contribution < 1.29 is 9.15 Å². The van der Waals surface area contributed by atoms with Crippen molar-refractivity contribution in [1.82, 2.24) is 4.98 Å². The Labute approximate surface area is 154 Å². The van der Waals surface area contributed by atoms with E-state index in [9.17, 15) is 0 Å². The highest BCUT2D eigenvalue weighted by molar-refractivity contribution is 5.60. The summed E-state index contributed by atoms with van der Waals surface area (Å²) in [6.07, 6.45) is 3.59. The predicted molar refractivity (Wildman–Crippen MR) is 101 cm³/mol. The zero-order valence-electron chi connectivity index (χ0n) is 14.9. The summed E-state index contributed by atoms with van der Waals surface area (Å²) in [7, 11) is 0. The molecular formula is C22H22N2O2. The van der Waals surface area contributed by atoms with Crippen molar-refractivity contribution in [3.05, 3.63) is 71.8 Å². The van der Waals surface area contributed by atoms with E-state index in [1.165, 1.54) is 5.56 Å². The molecule has 0 aliphatic carbocycles. The molecule has 1 aromatic heterocycles. The second kappa shape index (κ2) is 8.87. The molecule has 0 spiro atoms. The van der Waals surface area contributed by atoms with Gasteiger partial charge in [0.15, 0.2) is 6.61 Å². The van der Waals surface area contributed by atoms with Crippen molar-refractivity contribution in [2.75, 3.05) is 0 Å². The molecule has 0 unspecified atom stereocenters. The molecule has 132 valence electrons. The molecule has 0 aliphatic heterocycles. The van der Waals surface area contributed by atoms with Crippen LogP contribution in [-0.2, 0) is 13.0 Å². The van der Waals surface area contributed by atoms with E-state index >= 15 is 0 Å². The summed E-state index contributed by atoms with van der Waals surface area (Å²) in [5.74, 6) is 2.16. The Morgan fingerprint density at radius 2 is 1.81 bits per heavy atom. The van der Waals surface area contributed by atoms with Crippen LogP contribution in [0.15, 0.2) is 59.0 Å². The van der Waals surface area contributed by atoms with Gasteiger partial charge in [0.1, 0.15) is 17.2 Å². The zero-order chi connectivity index (χ0) is 18.2. The first kappa shape index (κ1) is 17.8. The van der Waals surface area contributed by atoms with E-state index in [-0.39, 0.29) is 0 Å². The van der Waals surface area contributed by atoms with Gasteiger partial charge in [0.25, 0.3) is 0 Å². The maximum absolute atomic E-state index is 8.56. The fourth-order valence-corrected chi connectivity index (χ4v) is 2.81. The van der Waals surface area contributed by atoms with Crippen LogP contribution in [0.3, 0.4) is 0 Å². The molecule has 0 atom stereocenters. The summed E-state index contributed by atoms with van der Waals surface area (Å²) in [4.78, 5) is 4.55. The van der Waals surface area contributed by atoms with Crippen LogP contribution in [0, 0.1) is 18.3 Å². The maximum Gasteiger partial charge on any atom is 0.233 e. The number of hydrogen-bond donors (Lipinski definition) is 0. The molecule has 0 N–H and O–H groups in total. The predicted octanol–water partition coefficient (Wildman–Crippen LogP) is 5.47. The number of benzene rings is 2. The standard InChI is InChI=1S/C22H22N2O2/c1-17-22(19-9-5-2-6-10-19)24-21(26-17)16-25-20-13-11-18(12-14-20)8-4-3-7-15-23/h2,5-6,9-14H,3-4,7-8,16H2,1H3. The normalized spacial score (nSPS) is 10.5. The number of ether oxygens (including phenoxy) is 1. The number of nitrogens with zero attached hydrogens (tertiary/aromatic N) is 2. The minimum absolute atomic E-state index is 0.301. The van der Waals surface area contributed by atoms with E-state index in [1.54, 1.807) is 0 Å². The van der Waals surface area contributed by atoms with E-state index in [4.69, 9.17) is 14.4 Å². The quantitative estimate of drug-likeness (QED) is 0.508. The summed E-state index contributed by atoms with van der Waals surface area (Å²) in [5.41, 5.74) is 3.16. The fourth-order valence-electron chi connectivity index (χ4n) is 2.81. The molecule has 0 saturated heterocycles. The molecule has 0 amide bonds. The molecule has 0 aliphatic rings. The minimum atomic E-state index is 0.301. The highest BCUT2D eigenvalue weighted by Crippen LogP contribution is 2.24. The summed E-state index contributed by atoms with van der Waals surface area (Å²) >= 11 is 0. The first-order chi connectivity index (χ1) is 12.8. The van der Waals surface area contributed by atoms with Gasteiger partial charge in [-0.15, -0.1) is 0 Å². The third-order valence-corrected chi connectivity index (χ3v) is 4.18. The van der Waals surface area contributed by atoms with Gasteiger partial charge >= 0.3 is 0 Å². The Morgan fingerprint density at radius 3 is 2.54 bits per heavy atom. The molecule has 0 saturated carbocycles. The molecule has 26 heavy (non-hydrogen) atoms. The number of aromatic nitrogens is 1. The van der Waals surface area contributed by atoms with Crippen molar-refractivity contribution in [2.24, 2.45) is 0 Å². The van der Waals surface area contributed by atoms with E-state index < -0.39 is 0 Å². The van der Waals surface area contributed by atoms with Gasteiger partial charge in [-0.25, -0.2) is 4.98 Å². The van der Waals surface area contributed by atoms with Crippen LogP contribution in [0.2, 0.25) is 0 Å². The number of hydrogen-bond acceptors (Lipinski definition) is 4. The number of oxazole rings is 1. The van der Waals surface area contributed by atoms with Crippen molar-refractivity contribution >= 4 is 0 Å². The fraction of sp³-hybridized carbons (Fsp3) is 0.273. The highest BCUT2D eigenvalue weighted by atomic mass is 16.5. The molecule has 0 radical (unpaired) electrons. The smallest absolute Gasteiger partial charge is 0.233 e. The zero-order valence-corrected chi connectivity index (χ0v) is 14.9. The van der Waals surface area contributed by atoms with Gasteiger partial charge in [-0.3, -0.25) is 0 Å². The maximum atomic E-state index is 8.56. The first-order valence-corrected chi connectivity index (χ1v) is 8.86. The van der Waals surface area contributed by atoms with E-state index in [2.05, 4.69) is 23.2 Å². The average Bonchev–Trinajstić information content (AvgIpc) is 3.06. The third kappa shape index (κ3) is 4.73. The van der Waals surface area contributed by atoms with Crippen LogP contribution in [0.4, 0.5) is 0 Å². The van der Waals surface area contributed by atoms with Gasteiger partial charge in [-0.05, 0) is 43.9 Å². The largest absolute Gasteiger partial charge is 0.484 e. The molecular weight excluding hydrogens is 324 g/mol. The SMILES string of the molecule is Cc1oc(COc2ccc(CCCCC#N)cc2)nc1-c1ccccc1. The molecule has 4 heteroatoms. The molecule has 0 fully saturated rings. The summed E-state index contributed by atoms with van der Waals surface area (Å²) in [6, 6.07) is 20.2. The van der Waals surface area contributed by atoms with Crippen molar-refractivity contribution in [2.45, 2.75) is 39.2 Å². The van der Waals surface area contributed by atoms with E-state index in [0.717, 1.165) is 42.0 Å². The molecule has 2 aromatic carbocycles. The van der Waals surface area contributed by atoms with Crippen LogP contribution in [0.5, 0.6) is 5.75 Å². The lowest BCUT2D eigenvalue weighted by atomic mass is 10.1. The molecule has 3 rings (SSSR count). The second-order valence-corrected chi connectivity index (χ2v) is 6.18. The average molecular weight is 346 g/mol. The summed E-state index contributed by atoms with van der Waals surface area (Å²) in [5, 5.41) is 8.56. The summed E-state index contributed by atoms with van der Waals surface area (Å²) in [6.45, 7) is 2.22. The molecule has 4 nitrogen and oxygen atoms in total. The number of rotatable bonds is 8. The Kier molecular flexibility index (Phi) is 6.05. The van der Waals surface area contributed by atoms with Crippen molar-refractivity contribution in [3.63, 3.8) is 0 Å². The van der Waals surface area contributed by atoms with Crippen molar-refractivity contribution in [3.8, 4) is 23.1 Å². The molecule has 3 aromatic rings. The lowest BCUT2D eigenvalue weighted by Gasteiger charge is -2.05. The second-order valence-electron chi connectivity index (χ2n) is 6.18. The van der Waals surface area contributed by atoms with Crippen LogP contribution < -0.4 is 4.74 Å². The lowest BCUT2D eigenvalue weighted by molar-refractivity contribution is 0.260. The van der Waals surface area contributed by atoms with Gasteiger partial charge in [-0.1, -0.05) is 42.5 Å². The van der Waals surface area contributed by atoms with E-state index in [1.807, 2.05) is 49.4 Å². The number of unbranched alkanes of at least 4 members (excludes halogenated alkanes) is 2. The highest BCUT2D eigenvalue weighted by Gasteiger charge is 2.11. The number of nitriles is 1. The van der Waals surface area contributed by atoms with Gasteiger partial charge < -0.3 is 9.15 Å². The summed E-state index contributed by atoms with van der Waals surface area (Å²) < 4.78 is 11.5. The lowest BCUT2D eigenvalue weighted by Crippen LogP contribution is -1.96. The van der Waals surface area contributed by atoms with E-state index in [0.29, 0.717) is 18.9 Å². The third-order valence-electron chi connectivity index (χ3n) is 4.18. The van der Waals surface area contributed by atoms with Crippen LogP contribution in [0.1, 0.15) is 36.5 Å². The molecule has 1 heterocycles. The number of aryl methyl sites for hydroxylation is 2. The van der Waals surface area contributed by atoms with Gasteiger partial charge in [-0.2, -0.15) is 5.26 Å². The molecule has 0 bridgehead atoms. The Hall–Kier alpha value is -3.06. The minimum Gasteiger partial charge on any atom is -0.484 e. The Bertz CT molecular complexity index is 861. The topological polar surface area (TPSA) is 59.0 Å². The van der Waals surface area contributed by atoms with Crippen LogP contribution >= 0.6 is 0 Å². The Morgan fingerprint density at radius 1 is 1.04 bits per heavy atom. The first-order valence-electron chi connectivity index (χ1n) is 8.86. The monoisotopic (exact) mass is 346 g/mol. The van der Waals surface area contributed by atoms with Crippen LogP contribution in [-0.4, -0.2) is 4.98 Å². The van der Waals surface area contributed by atoms with Gasteiger partial charge in [0.05, 0.1) is 6.07 Å². The van der Waals surface area contributed by atoms with Crippen molar-refractivity contribution in [1.29, 1.82) is 5.26 Å². The van der Waals surface area contributed by atoms with Gasteiger partial charge in [0.2, 0.25) is 5.89 Å².